The van der Waals surface area contributed by atoms with Crippen LogP contribution in [0.15, 0.2) is 12.4 Å². The van der Waals surface area contributed by atoms with Crippen molar-refractivity contribution < 1.29 is 14.7 Å². The van der Waals surface area contributed by atoms with Crippen LogP contribution in [0.1, 0.15) is 23.7 Å². The van der Waals surface area contributed by atoms with Crippen molar-refractivity contribution in [2.45, 2.75) is 13.3 Å². The van der Waals surface area contributed by atoms with Crippen molar-refractivity contribution in [3.05, 3.63) is 18.0 Å². The van der Waals surface area contributed by atoms with Crippen molar-refractivity contribution in [1.82, 2.24) is 15.1 Å². The molecule has 0 bridgehead atoms. The van der Waals surface area contributed by atoms with E-state index in [-0.39, 0.29) is 18.2 Å². The van der Waals surface area contributed by atoms with Crippen LogP contribution in [0, 0.1) is 5.92 Å². The first kappa shape index (κ1) is 12.2. The third-order valence-corrected chi connectivity index (χ3v) is 2.10. The van der Waals surface area contributed by atoms with E-state index >= 15 is 0 Å². The number of nitrogens with one attached hydrogen (secondary N) is 1. The van der Waals surface area contributed by atoms with Gasteiger partial charge in [-0.15, -0.1) is 0 Å². The zero-order valence-corrected chi connectivity index (χ0v) is 9.30. The molecular weight excluding hydrogens is 210 g/mol. The van der Waals surface area contributed by atoms with Gasteiger partial charge in [-0.05, 0) is 5.92 Å². The molecular formula is C10H15N3O3. The van der Waals surface area contributed by atoms with Crippen LogP contribution >= 0.6 is 0 Å². The van der Waals surface area contributed by atoms with E-state index in [1.807, 2.05) is 0 Å². The summed E-state index contributed by atoms with van der Waals surface area (Å²) < 4.78 is 1.54. The van der Waals surface area contributed by atoms with Crippen LogP contribution in [0.3, 0.4) is 0 Å². The number of carbonyl (C=O) groups excluding carboxylic acids is 1. The van der Waals surface area contributed by atoms with Gasteiger partial charge in [0.05, 0.1) is 11.8 Å². The summed E-state index contributed by atoms with van der Waals surface area (Å²) in [5.41, 5.74) is 0.477. The molecule has 0 saturated carbocycles. The summed E-state index contributed by atoms with van der Waals surface area (Å²) in [5, 5.41) is 15.1. The van der Waals surface area contributed by atoms with Gasteiger partial charge in [-0.2, -0.15) is 5.10 Å². The number of carboxylic acids is 1. The maximum atomic E-state index is 11.5. The number of amides is 1. The van der Waals surface area contributed by atoms with Gasteiger partial charge in [-0.1, -0.05) is 6.92 Å². The van der Waals surface area contributed by atoms with Gasteiger partial charge in [0, 0.05) is 26.2 Å². The Balaban J connectivity index is 2.38. The number of aliphatic carboxylic acids is 1. The van der Waals surface area contributed by atoms with Crippen molar-refractivity contribution in [1.29, 1.82) is 0 Å². The molecule has 16 heavy (non-hydrogen) atoms. The number of nitrogens with zero attached hydrogens (tertiary/aromatic N) is 2. The molecule has 1 rings (SSSR count). The molecule has 6 nitrogen and oxygen atoms in total. The van der Waals surface area contributed by atoms with E-state index in [1.165, 1.54) is 10.9 Å². The number of aromatic nitrogens is 2. The summed E-state index contributed by atoms with van der Waals surface area (Å²) in [5.74, 6) is -1.17. The third kappa shape index (κ3) is 3.72. The van der Waals surface area contributed by atoms with Crippen molar-refractivity contribution in [3.8, 4) is 0 Å². The second-order valence-corrected chi connectivity index (χ2v) is 3.82. The largest absolute Gasteiger partial charge is 0.481 e. The Kier molecular flexibility index (Phi) is 4.04. The van der Waals surface area contributed by atoms with Crippen molar-refractivity contribution >= 4 is 11.9 Å². The Morgan fingerprint density at radius 2 is 2.31 bits per heavy atom. The topological polar surface area (TPSA) is 84.2 Å². The molecule has 1 atom stereocenters. The number of aryl methyl sites for hydroxylation is 1. The average molecular weight is 225 g/mol. The predicted octanol–water partition coefficient (Wildman–Crippen LogP) is 0.261. The smallest absolute Gasteiger partial charge is 0.303 e. The summed E-state index contributed by atoms with van der Waals surface area (Å²) in [7, 11) is 1.73. The van der Waals surface area contributed by atoms with Gasteiger partial charge in [0.25, 0.3) is 5.91 Å². The summed E-state index contributed by atoms with van der Waals surface area (Å²) in [4.78, 5) is 21.9. The van der Waals surface area contributed by atoms with E-state index in [4.69, 9.17) is 5.11 Å². The monoisotopic (exact) mass is 225 g/mol. The molecule has 0 aliphatic carbocycles. The van der Waals surface area contributed by atoms with E-state index < -0.39 is 5.97 Å². The van der Waals surface area contributed by atoms with Crippen LogP contribution in [0.25, 0.3) is 0 Å². The average Bonchev–Trinajstić information content (AvgIpc) is 2.60. The fraction of sp³-hybridized carbons (Fsp3) is 0.500. The molecule has 0 aromatic carbocycles. The van der Waals surface area contributed by atoms with E-state index in [1.54, 1.807) is 20.2 Å². The second kappa shape index (κ2) is 5.29. The van der Waals surface area contributed by atoms with E-state index in [0.29, 0.717) is 12.1 Å². The summed E-state index contributed by atoms with van der Waals surface area (Å²) in [6.07, 6.45) is 3.13. The van der Waals surface area contributed by atoms with Gasteiger partial charge < -0.3 is 10.4 Å². The predicted molar refractivity (Wildman–Crippen MR) is 57.0 cm³/mol. The molecule has 1 aromatic rings. The highest BCUT2D eigenvalue weighted by Crippen LogP contribution is 2.01. The fourth-order valence-corrected chi connectivity index (χ4v) is 1.28. The first-order valence-corrected chi connectivity index (χ1v) is 4.97. The van der Waals surface area contributed by atoms with E-state index in [9.17, 15) is 9.59 Å². The summed E-state index contributed by atoms with van der Waals surface area (Å²) in [6.45, 7) is 2.12. The fourth-order valence-electron chi connectivity index (χ4n) is 1.28. The third-order valence-electron chi connectivity index (χ3n) is 2.10. The highest BCUT2D eigenvalue weighted by Gasteiger charge is 2.11. The number of carbonyl (C=O) groups is 2. The highest BCUT2D eigenvalue weighted by atomic mass is 16.4. The SMILES string of the molecule is CC(CNC(=O)c1cnn(C)c1)CC(=O)O. The van der Waals surface area contributed by atoms with Crippen molar-refractivity contribution in [3.63, 3.8) is 0 Å². The molecule has 2 N–H and O–H groups in total. The van der Waals surface area contributed by atoms with Crippen LogP contribution in [-0.2, 0) is 11.8 Å². The molecule has 0 fully saturated rings. The molecule has 1 heterocycles. The molecule has 0 radical (unpaired) electrons. The molecule has 1 aromatic heterocycles. The molecule has 0 saturated heterocycles. The van der Waals surface area contributed by atoms with Crippen molar-refractivity contribution in [2.75, 3.05) is 6.54 Å². The lowest BCUT2D eigenvalue weighted by Gasteiger charge is -2.09. The molecule has 88 valence electrons. The van der Waals surface area contributed by atoms with Crippen LogP contribution in [0.2, 0.25) is 0 Å². The Hall–Kier alpha value is -1.85. The summed E-state index contributed by atoms with van der Waals surface area (Å²) in [6, 6.07) is 0. The minimum atomic E-state index is -0.858. The van der Waals surface area contributed by atoms with Crippen LogP contribution < -0.4 is 5.32 Å². The number of hydrogen-bond acceptors (Lipinski definition) is 3. The quantitative estimate of drug-likeness (QED) is 0.752. The Bertz CT molecular complexity index is 386. The Morgan fingerprint density at radius 3 is 2.81 bits per heavy atom. The maximum absolute atomic E-state index is 11.5. The molecule has 1 unspecified atom stereocenters. The Morgan fingerprint density at radius 1 is 1.62 bits per heavy atom. The molecule has 6 heteroatoms. The normalized spacial score (nSPS) is 12.1. The van der Waals surface area contributed by atoms with Gasteiger partial charge in [0.1, 0.15) is 0 Å². The van der Waals surface area contributed by atoms with Crippen molar-refractivity contribution in [2.24, 2.45) is 13.0 Å². The standard InChI is InChI=1S/C10H15N3O3/c1-7(3-9(14)15)4-11-10(16)8-5-12-13(2)6-8/h5-7H,3-4H2,1-2H3,(H,11,16)(H,14,15). The van der Waals surface area contributed by atoms with Crippen LogP contribution in [0.4, 0.5) is 0 Å². The maximum Gasteiger partial charge on any atom is 0.303 e. The summed E-state index contributed by atoms with van der Waals surface area (Å²) >= 11 is 0. The minimum absolute atomic E-state index is 0.0489. The molecule has 0 aliphatic rings. The zero-order chi connectivity index (χ0) is 12.1. The lowest BCUT2D eigenvalue weighted by molar-refractivity contribution is -0.137. The second-order valence-electron chi connectivity index (χ2n) is 3.82. The van der Waals surface area contributed by atoms with Crippen LogP contribution in [0.5, 0.6) is 0 Å². The molecule has 0 aliphatic heterocycles. The molecule has 1 amide bonds. The molecule has 0 spiro atoms. The zero-order valence-electron chi connectivity index (χ0n) is 9.30. The lowest BCUT2D eigenvalue weighted by atomic mass is 10.1. The van der Waals surface area contributed by atoms with Gasteiger partial charge in [0.15, 0.2) is 0 Å². The first-order valence-electron chi connectivity index (χ1n) is 4.97. The van der Waals surface area contributed by atoms with Gasteiger partial charge in [0.2, 0.25) is 0 Å². The van der Waals surface area contributed by atoms with Gasteiger partial charge in [-0.25, -0.2) is 0 Å². The van der Waals surface area contributed by atoms with Crippen LogP contribution in [-0.4, -0.2) is 33.3 Å². The first-order chi connectivity index (χ1) is 7.49. The number of carboxylic acid groups (broad SMARTS) is 1. The highest BCUT2D eigenvalue weighted by molar-refractivity contribution is 5.93. The number of rotatable bonds is 5. The number of hydrogen-bond donors (Lipinski definition) is 2. The van der Waals surface area contributed by atoms with E-state index in [2.05, 4.69) is 10.4 Å². The lowest BCUT2D eigenvalue weighted by Crippen LogP contribution is -2.28. The van der Waals surface area contributed by atoms with Gasteiger partial charge in [-0.3, -0.25) is 14.3 Å². The minimum Gasteiger partial charge on any atom is -0.481 e. The van der Waals surface area contributed by atoms with E-state index in [0.717, 1.165) is 0 Å². The van der Waals surface area contributed by atoms with Gasteiger partial charge >= 0.3 is 5.97 Å². The Labute approximate surface area is 93.3 Å².